The number of hydrogen-bond acceptors (Lipinski definition) is 1. The van der Waals surface area contributed by atoms with Crippen LogP contribution < -0.4 is 0 Å². The SMILES string of the molecule is Cc1c(C(=O)c2ccccc2)ccc(C(C)(C)C)c1C. The minimum atomic E-state index is 0.100. The third-order valence-corrected chi connectivity index (χ3v) is 3.88. The van der Waals surface area contributed by atoms with Crippen LogP contribution in [0, 0.1) is 13.8 Å². The van der Waals surface area contributed by atoms with E-state index in [2.05, 4.69) is 33.8 Å². The minimum Gasteiger partial charge on any atom is -0.289 e. The lowest BCUT2D eigenvalue weighted by molar-refractivity contribution is 0.103. The van der Waals surface area contributed by atoms with Crippen LogP contribution in [0.4, 0.5) is 0 Å². The van der Waals surface area contributed by atoms with Gasteiger partial charge in [0.1, 0.15) is 0 Å². The molecule has 1 heteroatoms. The summed E-state index contributed by atoms with van der Waals surface area (Å²) in [6.07, 6.45) is 0. The lowest BCUT2D eigenvalue weighted by Crippen LogP contribution is -2.15. The Balaban J connectivity index is 2.51. The molecule has 0 amide bonds. The second kappa shape index (κ2) is 5.24. The van der Waals surface area contributed by atoms with Gasteiger partial charge in [0.05, 0.1) is 0 Å². The van der Waals surface area contributed by atoms with Crippen molar-refractivity contribution in [3.8, 4) is 0 Å². The van der Waals surface area contributed by atoms with Crippen molar-refractivity contribution in [2.45, 2.75) is 40.0 Å². The molecule has 0 aromatic heterocycles. The van der Waals surface area contributed by atoms with E-state index in [0.29, 0.717) is 0 Å². The third-order valence-electron chi connectivity index (χ3n) is 3.88. The van der Waals surface area contributed by atoms with Crippen molar-refractivity contribution in [3.05, 3.63) is 70.3 Å². The summed E-state index contributed by atoms with van der Waals surface area (Å²) in [6.45, 7) is 10.8. The van der Waals surface area contributed by atoms with Gasteiger partial charge in [-0.05, 0) is 36.0 Å². The summed E-state index contributed by atoms with van der Waals surface area (Å²) in [6, 6.07) is 13.5. The first-order valence-electron chi connectivity index (χ1n) is 7.03. The zero-order valence-electron chi connectivity index (χ0n) is 12.9. The topological polar surface area (TPSA) is 17.1 Å². The highest BCUT2D eigenvalue weighted by Crippen LogP contribution is 2.29. The van der Waals surface area contributed by atoms with Gasteiger partial charge in [-0.1, -0.05) is 63.2 Å². The maximum Gasteiger partial charge on any atom is 0.193 e. The van der Waals surface area contributed by atoms with Crippen LogP contribution in [0.1, 0.15) is 53.4 Å². The fraction of sp³-hybridized carbons (Fsp3) is 0.316. The molecule has 104 valence electrons. The Bertz CT molecular complexity index is 631. The average Bonchev–Trinajstić information content (AvgIpc) is 2.40. The Morgan fingerprint density at radius 2 is 1.45 bits per heavy atom. The first-order valence-corrected chi connectivity index (χ1v) is 7.03. The molecular weight excluding hydrogens is 244 g/mol. The molecule has 0 N–H and O–H groups in total. The van der Waals surface area contributed by atoms with Gasteiger partial charge in [0, 0.05) is 11.1 Å². The van der Waals surface area contributed by atoms with Crippen molar-refractivity contribution >= 4 is 5.78 Å². The largest absolute Gasteiger partial charge is 0.289 e. The second-order valence-corrected chi connectivity index (χ2v) is 6.36. The summed E-state index contributed by atoms with van der Waals surface area (Å²) >= 11 is 0. The molecule has 2 aromatic rings. The van der Waals surface area contributed by atoms with Gasteiger partial charge in [-0.2, -0.15) is 0 Å². The Hall–Kier alpha value is -1.89. The number of rotatable bonds is 2. The van der Waals surface area contributed by atoms with E-state index in [-0.39, 0.29) is 11.2 Å². The normalized spacial score (nSPS) is 11.4. The Labute approximate surface area is 121 Å². The molecule has 1 nitrogen and oxygen atoms in total. The van der Waals surface area contributed by atoms with E-state index in [1.807, 2.05) is 43.3 Å². The highest BCUT2D eigenvalue weighted by molar-refractivity contribution is 6.10. The summed E-state index contributed by atoms with van der Waals surface area (Å²) in [5, 5.41) is 0. The first kappa shape index (κ1) is 14.5. The highest BCUT2D eigenvalue weighted by atomic mass is 16.1. The van der Waals surface area contributed by atoms with Crippen LogP contribution in [-0.4, -0.2) is 5.78 Å². The molecule has 0 heterocycles. The quantitative estimate of drug-likeness (QED) is 0.711. The van der Waals surface area contributed by atoms with Crippen molar-refractivity contribution in [1.29, 1.82) is 0 Å². The van der Waals surface area contributed by atoms with Gasteiger partial charge in [0.25, 0.3) is 0 Å². The second-order valence-electron chi connectivity index (χ2n) is 6.36. The molecule has 0 saturated heterocycles. The predicted octanol–water partition coefficient (Wildman–Crippen LogP) is 4.83. The van der Waals surface area contributed by atoms with Gasteiger partial charge >= 0.3 is 0 Å². The van der Waals surface area contributed by atoms with Crippen molar-refractivity contribution in [2.24, 2.45) is 0 Å². The molecule has 0 aliphatic carbocycles. The molecule has 0 atom stereocenters. The van der Waals surface area contributed by atoms with E-state index in [9.17, 15) is 4.79 Å². The average molecular weight is 266 g/mol. The Morgan fingerprint density at radius 3 is 2.00 bits per heavy atom. The molecule has 0 aliphatic heterocycles. The molecular formula is C19H22O. The molecule has 0 spiro atoms. The van der Waals surface area contributed by atoms with E-state index in [1.54, 1.807) is 0 Å². The van der Waals surface area contributed by atoms with Crippen LogP contribution in [0.25, 0.3) is 0 Å². The molecule has 0 fully saturated rings. The zero-order valence-corrected chi connectivity index (χ0v) is 12.9. The summed E-state index contributed by atoms with van der Waals surface area (Å²) in [4.78, 5) is 12.6. The number of carbonyl (C=O) groups excluding carboxylic acids is 1. The number of benzene rings is 2. The Morgan fingerprint density at radius 1 is 0.850 bits per heavy atom. The highest BCUT2D eigenvalue weighted by Gasteiger charge is 2.20. The molecule has 2 rings (SSSR count). The lowest BCUT2D eigenvalue weighted by atomic mass is 9.81. The number of hydrogen-bond donors (Lipinski definition) is 0. The summed E-state index contributed by atoms with van der Waals surface area (Å²) in [5.41, 5.74) is 5.27. The van der Waals surface area contributed by atoms with E-state index in [1.165, 1.54) is 11.1 Å². The van der Waals surface area contributed by atoms with Crippen molar-refractivity contribution < 1.29 is 4.79 Å². The predicted molar refractivity (Wildman–Crippen MR) is 84.5 cm³/mol. The smallest absolute Gasteiger partial charge is 0.193 e. The maximum absolute atomic E-state index is 12.6. The van der Waals surface area contributed by atoms with Gasteiger partial charge in [-0.3, -0.25) is 4.79 Å². The molecule has 2 aromatic carbocycles. The fourth-order valence-corrected chi connectivity index (χ4v) is 2.62. The molecule has 0 bridgehead atoms. The van der Waals surface area contributed by atoms with Gasteiger partial charge in [-0.25, -0.2) is 0 Å². The fourth-order valence-electron chi connectivity index (χ4n) is 2.62. The third kappa shape index (κ3) is 2.67. The molecule has 0 saturated carbocycles. The minimum absolute atomic E-state index is 0.100. The summed E-state index contributed by atoms with van der Waals surface area (Å²) in [5.74, 6) is 0.103. The van der Waals surface area contributed by atoms with Gasteiger partial charge < -0.3 is 0 Å². The van der Waals surface area contributed by atoms with Crippen molar-refractivity contribution in [3.63, 3.8) is 0 Å². The van der Waals surface area contributed by atoms with Gasteiger partial charge in [-0.15, -0.1) is 0 Å². The maximum atomic E-state index is 12.6. The summed E-state index contributed by atoms with van der Waals surface area (Å²) in [7, 11) is 0. The zero-order chi connectivity index (χ0) is 14.9. The standard InChI is InChI=1S/C19H22O/c1-13-14(2)17(19(3,4)5)12-11-16(13)18(20)15-9-7-6-8-10-15/h6-12H,1-5H3. The van der Waals surface area contributed by atoms with E-state index in [4.69, 9.17) is 0 Å². The number of ketones is 1. The lowest BCUT2D eigenvalue weighted by Gasteiger charge is -2.24. The van der Waals surface area contributed by atoms with Crippen LogP contribution in [0.5, 0.6) is 0 Å². The number of carbonyl (C=O) groups is 1. The van der Waals surface area contributed by atoms with Gasteiger partial charge in [0.2, 0.25) is 0 Å². The molecule has 20 heavy (non-hydrogen) atoms. The monoisotopic (exact) mass is 266 g/mol. The molecule has 0 radical (unpaired) electrons. The van der Waals surface area contributed by atoms with Crippen LogP contribution in [0.15, 0.2) is 42.5 Å². The van der Waals surface area contributed by atoms with Crippen LogP contribution in [0.3, 0.4) is 0 Å². The summed E-state index contributed by atoms with van der Waals surface area (Å²) < 4.78 is 0. The van der Waals surface area contributed by atoms with Crippen LogP contribution in [-0.2, 0) is 5.41 Å². The van der Waals surface area contributed by atoms with E-state index in [0.717, 1.165) is 16.7 Å². The molecule has 0 aliphatic rings. The first-order chi connectivity index (χ1) is 9.32. The van der Waals surface area contributed by atoms with Crippen LogP contribution in [0.2, 0.25) is 0 Å². The van der Waals surface area contributed by atoms with Crippen molar-refractivity contribution in [1.82, 2.24) is 0 Å². The van der Waals surface area contributed by atoms with Gasteiger partial charge in [0.15, 0.2) is 5.78 Å². The molecule has 0 unspecified atom stereocenters. The Kier molecular flexibility index (Phi) is 3.80. The van der Waals surface area contributed by atoms with Crippen molar-refractivity contribution in [2.75, 3.05) is 0 Å². The van der Waals surface area contributed by atoms with E-state index >= 15 is 0 Å². The van der Waals surface area contributed by atoms with Crippen LogP contribution >= 0.6 is 0 Å². The van der Waals surface area contributed by atoms with E-state index < -0.39 is 0 Å².